The van der Waals surface area contributed by atoms with Crippen molar-refractivity contribution < 1.29 is 4.39 Å². The standard InChI is InChI=1S/C13H13BrFNS/c1-16-12(13-3-2-6-17-13)7-9-4-5-10(14)8-11(9)15/h2-6,8,12,16H,7H2,1H3. The van der Waals surface area contributed by atoms with Gasteiger partial charge in [-0.2, -0.15) is 0 Å². The third-order valence-corrected chi connectivity index (χ3v) is 4.15. The van der Waals surface area contributed by atoms with Crippen molar-refractivity contribution in [3.8, 4) is 0 Å². The van der Waals surface area contributed by atoms with Crippen LogP contribution in [0.4, 0.5) is 4.39 Å². The minimum absolute atomic E-state index is 0.156. The van der Waals surface area contributed by atoms with Gasteiger partial charge in [0.2, 0.25) is 0 Å². The molecule has 1 aromatic heterocycles. The molecule has 0 aliphatic carbocycles. The van der Waals surface area contributed by atoms with Crippen molar-refractivity contribution in [1.29, 1.82) is 0 Å². The molecule has 0 aliphatic rings. The summed E-state index contributed by atoms with van der Waals surface area (Å²) in [6.45, 7) is 0. The van der Waals surface area contributed by atoms with Crippen molar-refractivity contribution >= 4 is 27.3 Å². The molecule has 0 saturated carbocycles. The summed E-state index contributed by atoms with van der Waals surface area (Å²) in [4.78, 5) is 1.23. The Balaban J connectivity index is 2.19. The highest BCUT2D eigenvalue weighted by atomic mass is 79.9. The second-order valence-corrected chi connectivity index (χ2v) is 5.69. The smallest absolute Gasteiger partial charge is 0.127 e. The summed E-state index contributed by atoms with van der Waals surface area (Å²) < 4.78 is 14.5. The van der Waals surface area contributed by atoms with Crippen LogP contribution in [0.3, 0.4) is 0 Å². The molecule has 2 rings (SSSR count). The predicted octanol–water partition coefficient (Wildman–Crippen LogP) is 4.15. The Bertz CT molecular complexity index is 484. The number of hydrogen-bond donors (Lipinski definition) is 1. The van der Waals surface area contributed by atoms with Crippen LogP contribution in [0.15, 0.2) is 40.2 Å². The first-order chi connectivity index (χ1) is 8.20. The molecule has 0 fully saturated rings. The van der Waals surface area contributed by atoms with Gasteiger partial charge in [-0.15, -0.1) is 11.3 Å². The van der Waals surface area contributed by atoms with Gasteiger partial charge >= 0.3 is 0 Å². The maximum Gasteiger partial charge on any atom is 0.127 e. The zero-order valence-electron chi connectivity index (χ0n) is 9.41. The van der Waals surface area contributed by atoms with Crippen molar-refractivity contribution in [3.63, 3.8) is 0 Å². The molecular formula is C13H13BrFNS. The number of thiophene rings is 1. The normalized spacial score (nSPS) is 12.6. The van der Waals surface area contributed by atoms with Gasteiger partial charge in [-0.05, 0) is 42.6 Å². The molecule has 1 heterocycles. The maximum absolute atomic E-state index is 13.7. The zero-order valence-corrected chi connectivity index (χ0v) is 11.8. The van der Waals surface area contributed by atoms with E-state index in [1.807, 2.05) is 30.6 Å². The van der Waals surface area contributed by atoms with Crippen molar-refractivity contribution in [1.82, 2.24) is 5.32 Å². The highest BCUT2D eigenvalue weighted by Crippen LogP contribution is 2.24. The van der Waals surface area contributed by atoms with Crippen LogP contribution in [0.1, 0.15) is 16.5 Å². The van der Waals surface area contributed by atoms with E-state index in [0.717, 1.165) is 10.0 Å². The molecule has 0 amide bonds. The third kappa shape index (κ3) is 3.15. The number of nitrogens with one attached hydrogen (secondary N) is 1. The summed E-state index contributed by atoms with van der Waals surface area (Å²) in [5.41, 5.74) is 0.737. The minimum Gasteiger partial charge on any atom is -0.312 e. The quantitative estimate of drug-likeness (QED) is 0.894. The number of hydrogen-bond acceptors (Lipinski definition) is 2. The maximum atomic E-state index is 13.7. The van der Waals surface area contributed by atoms with Gasteiger partial charge in [0.25, 0.3) is 0 Å². The molecule has 0 saturated heterocycles. The molecule has 4 heteroatoms. The van der Waals surface area contributed by atoms with Crippen LogP contribution in [-0.4, -0.2) is 7.05 Å². The van der Waals surface area contributed by atoms with Gasteiger partial charge in [0.15, 0.2) is 0 Å². The minimum atomic E-state index is -0.156. The SMILES string of the molecule is CNC(Cc1ccc(Br)cc1F)c1cccs1. The average Bonchev–Trinajstić information content (AvgIpc) is 2.81. The number of halogens is 2. The van der Waals surface area contributed by atoms with Crippen molar-refractivity contribution in [2.45, 2.75) is 12.5 Å². The Morgan fingerprint density at radius 3 is 2.82 bits per heavy atom. The van der Waals surface area contributed by atoms with Crippen LogP contribution in [0, 0.1) is 5.82 Å². The summed E-state index contributed by atoms with van der Waals surface area (Å²) >= 11 is 4.95. The highest BCUT2D eigenvalue weighted by molar-refractivity contribution is 9.10. The second kappa shape index (κ2) is 5.76. The van der Waals surface area contributed by atoms with Crippen LogP contribution in [0.25, 0.3) is 0 Å². The lowest BCUT2D eigenvalue weighted by Crippen LogP contribution is -2.18. The van der Waals surface area contributed by atoms with Gasteiger partial charge < -0.3 is 5.32 Å². The van der Waals surface area contributed by atoms with Gasteiger partial charge in [0.1, 0.15) is 5.82 Å². The van der Waals surface area contributed by atoms with Crippen molar-refractivity contribution in [3.05, 3.63) is 56.4 Å². The first-order valence-corrected chi connectivity index (χ1v) is 7.02. The van der Waals surface area contributed by atoms with Gasteiger partial charge in [-0.25, -0.2) is 4.39 Å². The number of likely N-dealkylation sites (N-methyl/N-ethyl adjacent to an activating group) is 1. The molecular weight excluding hydrogens is 301 g/mol. The lowest BCUT2D eigenvalue weighted by atomic mass is 10.0. The van der Waals surface area contributed by atoms with Crippen LogP contribution in [-0.2, 0) is 6.42 Å². The van der Waals surface area contributed by atoms with Crippen molar-refractivity contribution in [2.24, 2.45) is 0 Å². The van der Waals surface area contributed by atoms with E-state index in [1.54, 1.807) is 11.3 Å². The summed E-state index contributed by atoms with van der Waals surface area (Å²) in [6, 6.07) is 9.48. The van der Waals surface area contributed by atoms with Crippen LogP contribution < -0.4 is 5.32 Å². The fourth-order valence-electron chi connectivity index (χ4n) is 1.74. The summed E-state index contributed by atoms with van der Waals surface area (Å²) in [5, 5.41) is 5.27. The van der Waals surface area contributed by atoms with Gasteiger partial charge in [-0.1, -0.05) is 28.1 Å². The first-order valence-electron chi connectivity index (χ1n) is 5.35. The Morgan fingerprint density at radius 1 is 1.41 bits per heavy atom. The van der Waals surface area contributed by atoms with Crippen LogP contribution >= 0.6 is 27.3 Å². The molecule has 1 unspecified atom stereocenters. The van der Waals surface area contributed by atoms with E-state index in [0.29, 0.717) is 6.42 Å². The summed E-state index contributed by atoms with van der Waals surface area (Å²) in [5.74, 6) is -0.156. The van der Waals surface area contributed by atoms with Gasteiger partial charge in [0, 0.05) is 15.4 Å². The topological polar surface area (TPSA) is 12.0 Å². The molecule has 0 radical (unpaired) electrons. The largest absolute Gasteiger partial charge is 0.312 e. The monoisotopic (exact) mass is 313 g/mol. The molecule has 0 bridgehead atoms. The Morgan fingerprint density at radius 2 is 2.24 bits per heavy atom. The van der Waals surface area contributed by atoms with E-state index in [4.69, 9.17) is 0 Å². The average molecular weight is 314 g/mol. The van der Waals surface area contributed by atoms with E-state index in [2.05, 4.69) is 27.3 Å². The summed E-state index contributed by atoms with van der Waals surface area (Å²) in [7, 11) is 1.90. The van der Waals surface area contributed by atoms with Crippen LogP contribution in [0.5, 0.6) is 0 Å². The third-order valence-electron chi connectivity index (χ3n) is 2.67. The van der Waals surface area contributed by atoms with Gasteiger partial charge in [-0.3, -0.25) is 0 Å². The van der Waals surface area contributed by atoms with E-state index in [-0.39, 0.29) is 11.9 Å². The van der Waals surface area contributed by atoms with E-state index in [9.17, 15) is 4.39 Å². The Labute approximate surface area is 113 Å². The fourth-order valence-corrected chi connectivity index (χ4v) is 2.91. The van der Waals surface area contributed by atoms with Gasteiger partial charge in [0.05, 0.1) is 0 Å². The van der Waals surface area contributed by atoms with E-state index < -0.39 is 0 Å². The molecule has 0 aliphatic heterocycles. The summed E-state index contributed by atoms with van der Waals surface area (Å²) in [6.07, 6.45) is 0.663. The molecule has 0 spiro atoms. The molecule has 1 nitrogen and oxygen atoms in total. The van der Waals surface area contributed by atoms with E-state index >= 15 is 0 Å². The zero-order chi connectivity index (χ0) is 12.3. The molecule has 1 N–H and O–H groups in total. The second-order valence-electron chi connectivity index (χ2n) is 3.80. The molecule has 17 heavy (non-hydrogen) atoms. The molecule has 1 aromatic carbocycles. The Kier molecular flexibility index (Phi) is 4.31. The fraction of sp³-hybridized carbons (Fsp3) is 0.231. The molecule has 1 atom stereocenters. The highest BCUT2D eigenvalue weighted by Gasteiger charge is 2.13. The molecule has 2 aromatic rings. The lowest BCUT2D eigenvalue weighted by Gasteiger charge is -2.15. The van der Waals surface area contributed by atoms with Crippen LogP contribution in [0.2, 0.25) is 0 Å². The predicted molar refractivity (Wildman–Crippen MR) is 73.9 cm³/mol. The van der Waals surface area contributed by atoms with E-state index in [1.165, 1.54) is 10.9 Å². The van der Waals surface area contributed by atoms with Crippen molar-refractivity contribution in [2.75, 3.05) is 7.05 Å². The lowest BCUT2D eigenvalue weighted by molar-refractivity contribution is 0.559. The number of rotatable bonds is 4. The molecule has 90 valence electrons. The number of benzene rings is 1. The Hall–Kier alpha value is -0.710. The first kappa shape index (κ1) is 12.7.